The Morgan fingerprint density at radius 1 is 1.31 bits per heavy atom. The van der Waals surface area contributed by atoms with Crippen LogP contribution in [0.15, 0.2) is 52.7 Å². The van der Waals surface area contributed by atoms with Gasteiger partial charge in [-0.2, -0.15) is 13.9 Å². The van der Waals surface area contributed by atoms with Gasteiger partial charge in [0.15, 0.2) is 10.8 Å². The molecule has 2 atom stereocenters. The lowest BCUT2D eigenvalue weighted by atomic mass is 9.91. The van der Waals surface area contributed by atoms with Gasteiger partial charge in [0.25, 0.3) is 0 Å². The highest BCUT2D eigenvalue weighted by Gasteiger charge is 2.46. The first-order valence-electron chi connectivity index (χ1n) is 10.7. The van der Waals surface area contributed by atoms with E-state index in [9.17, 15) is 21.6 Å². The molecule has 3 aromatic rings. The van der Waals surface area contributed by atoms with E-state index in [0.717, 1.165) is 18.5 Å². The highest BCUT2D eigenvalue weighted by molar-refractivity contribution is 7.88. The van der Waals surface area contributed by atoms with Crippen molar-refractivity contribution in [3.8, 4) is 0 Å². The number of thiazole rings is 1. The van der Waals surface area contributed by atoms with Gasteiger partial charge < -0.3 is 4.90 Å². The smallest absolute Gasteiger partial charge is 0.326 e. The minimum atomic E-state index is -3.58. The molecule has 0 spiro atoms. The fourth-order valence-corrected chi connectivity index (χ4v) is 6.61. The van der Waals surface area contributed by atoms with E-state index in [1.54, 1.807) is 18.5 Å². The summed E-state index contributed by atoms with van der Waals surface area (Å²) in [6, 6.07) is 4.52. The van der Waals surface area contributed by atoms with E-state index in [1.807, 2.05) is 4.90 Å². The molecule has 0 amide bonds. The van der Waals surface area contributed by atoms with Crippen LogP contribution in [0.2, 0.25) is 5.02 Å². The van der Waals surface area contributed by atoms with Crippen LogP contribution in [0, 0.1) is 5.82 Å². The minimum absolute atomic E-state index is 0.108. The second kappa shape index (κ2) is 8.98. The average Bonchev–Trinajstić information content (AvgIpc) is 3.51. The Labute approximate surface area is 214 Å². The Morgan fingerprint density at radius 3 is 2.69 bits per heavy atom. The second-order valence-corrected chi connectivity index (χ2v) is 11.9. The Morgan fingerprint density at radius 2 is 2.08 bits per heavy atom. The zero-order valence-electron chi connectivity index (χ0n) is 19.0. The van der Waals surface area contributed by atoms with Crippen molar-refractivity contribution in [1.29, 1.82) is 0 Å². The zero-order valence-corrected chi connectivity index (χ0v) is 21.4. The fraction of sp³-hybridized carbons (Fsp3) is 0.318. The molecule has 2 aromatic heterocycles. The monoisotopic (exact) mass is 556 g/mol. The van der Waals surface area contributed by atoms with Gasteiger partial charge in [0.2, 0.25) is 10.0 Å². The standard InChI is InChI=1S/C22H20ClF3N6O2S2/c1-22(30-36(2,33)34)10-16-17(15-5-7-32(29-15)21(25)26)18(13-4-3-12(24)9-14(13)23)28-19(31(16)11-22)20-27-6-8-35-20/h3-9,18,21,30H,10-11H2,1-2H3/t18-,22+/m0/s1. The Balaban J connectivity index is 1.75. The number of hydrogen-bond acceptors (Lipinski definition) is 7. The maximum Gasteiger partial charge on any atom is 0.333 e. The first-order valence-corrected chi connectivity index (χ1v) is 13.8. The van der Waals surface area contributed by atoms with Crippen LogP contribution in [0.3, 0.4) is 0 Å². The maximum absolute atomic E-state index is 13.9. The van der Waals surface area contributed by atoms with E-state index in [2.05, 4.69) is 14.8 Å². The van der Waals surface area contributed by atoms with Crippen LogP contribution in [0.25, 0.3) is 5.57 Å². The van der Waals surface area contributed by atoms with Gasteiger partial charge in [0.1, 0.15) is 11.9 Å². The van der Waals surface area contributed by atoms with Gasteiger partial charge in [-0.15, -0.1) is 11.3 Å². The van der Waals surface area contributed by atoms with E-state index < -0.39 is 34.0 Å². The summed E-state index contributed by atoms with van der Waals surface area (Å²) < 4.78 is 68.2. The van der Waals surface area contributed by atoms with Crippen molar-refractivity contribution < 1.29 is 21.6 Å². The lowest BCUT2D eigenvalue weighted by Crippen LogP contribution is -2.48. The van der Waals surface area contributed by atoms with Gasteiger partial charge in [-0.25, -0.2) is 27.2 Å². The maximum atomic E-state index is 13.9. The van der Waals surface area contributed by atoms with Gasteiger partial charge >= 0.3 is 6.55 Å². The van der Waals surface area contributed by atoms with E-state index in [1.165, 1.54) is 29.5 Å². The number of rotatable bonds is 6. The molecule has 2 aliphatic rings. The van der Waals surface area contributed by atoms with Crippen LogP contribution >= 0.6 is 22.9 Å². The zero-order chi connectivity index (χ0) is 25.8. The Hall–Kier alpha value is -2.74. The SMILES string of the molecule is C[C@@]1(NS(C)(=O)=O)CC2=C(c3ccn(C(F)F)n3)[C@H](c3ccc(F)cc3Cl)N=C(c3nccs3)N2C1. The number of aromatic nitrogens is 3. The highest BCUT2D eigenvalue weighted by atomic mass is 35.5. The van der Waals surface area contributed by atoms with E-state index >= 15 is 0 Å². The molecule has 0 unspecified atom stereocenters. The lowest BCUT2D eigenvalue weighted by molar-refractivity contribution is 0.0564. The van der Waals surface area contributed by atoms with Gasteiger partial charge in [-0.1, -0.05) is 17.7 Å². The minimum Gasteiger partial charge on any atom is -0.326 e. The third-order valence-corrected chi connectivity index (χ3v) is 7.84. The van der Waals surface area contributed by atoms with E-state index in [4.69, 9.17) is 16.6 Å². The van der Waals surface area contributed by atoms with Crippen molar-refractivity contribution in [3.05, 3.63) is 74.8 Å². The summed E-state index contributed by atoms with van der Waals surface area (Å²) in [5.74, 6) is -0.0613. The lowest BCUT2D eigenvalue weighted by Gasteiger charge is -2.32. The topological polar surface area (TPSA) is 92.5 Å². The number of nitrogens with one attached hydrogen (secondary N) is 1. The number of amidine groups is 1. The number of aliphatic imine (C=N–C) groups is 1. The number of sulfonamides is 1. The summed E-state index contributed by atoms with van der Waals surface area (Å²) in [5.41, 5.74) is 0.858. The molecular formula is C22H20ClF3N6O2S2. The molecule has 8 nitrogen and oxygen atoms in total. The second-order valence-electron chi connectivity index (χ2n) is 8.88. The molecule has 4 heterocycles. The molecule has 36 heavy (non-hydrogen) atoms. The van der Waals surface area contributed by atoms with Crippen molar-refractivity contribution in [2.24, 2.45) is 4.99 Å². The molecule has 0 bridgehead atoms. The van der Waals surface area contributed by atoms with Gasteiger partial charge in [0.05, 0.1) is 17.5 Å². The molecule has 14 heteroatoms. The summed E-state index contributed by atoms with van der Waals surface area (Å²) in [6.07, 6.45) is 4.07. The van der Waals surface area contributed by atoms with Crippen molar-refractivity contribution in [1.82, 2.24) is 24.4 Å². The number of benzene rings is 1. The number of alkyl halides is 2. The van der Waals surface area contributed by atoms with Crippen LogP contribution in [-0.4, -0.2) is 52.3 Å². The summed E-state index contributed by atoms with van der Waals surface area (Å²) in [7, 11) is -3.58. The average molecular weight is 557 g/mol. The molecule has 2 aliphatic heterocycles. The molecule has 0 saturated carbocycles. The summed E-state index contributed by atoms with van der Waals surface area (Å²) in [6.45, 7) is -0.878. The van der Waals surface area contributed by atoms with Crippen LogP contribution in [0.5, 0.6) is 0 Å². The first-order chi connectivity index (χ1) is 16.9. The molecule has 5 rings (SSSR count). The Kier molecular flexibility index (Phi) is 6.22. The largest absolute Gasteiger partial charge is 0.333 e. The van der Waals surface area contributed by atoms with Gasteiger partial charge in [0, 0.05) is 52.6 Å². The third-order valence-electron chi connectivity index (χ3n) is 5.88. The molecule has 1 fully saturated rings. The molecular weight excluding hydrogens is 537 g/mol. The third kappa shape index (κ3) is 4.67. The fourth-order valence-electron chi connectivity index (χ4n) is 4.67. The summed E-state index contributed by atoms with van der Waals surface area (Å²) in [4.78, 5) is 11.1. The van der Waals surface area contributed by atoms with Gasteiger partial charge in [-0.05, 0) is 25.1 Å². The van der Waals surface area contributed by atoms with Gasteiger partial charge in [-0.3, -0.25) is 4.99 Å². The number of fused-ring (bicyclic) bond motifs is 1. The number of nitrogens with zero attached hydrogens (tertiary/aromatic N) is 5. The number of halogens is 4. The number of hydrogen-bond donors (Lipinski definition) is 1. The van der Waals surface area contributed by atoms with E-state index in [-0.39, 0.29) is 23.7 Å². The highest BCUT2D eigenvalue weighted by Crippen LogP contribution is 2.48. The molecule has 1 N–H and O–H groups in total. The van der Waals surface area contributed by atoms with Crippen LogP contribution in [0.4, 0.5) is 13.2 Å². The summed E-state index contributed by atoms with van der Waals surface area (Å²) >= 11 is 7.78. The van der Waals surface area contributed by atoms with Crippen molar-refractivity contribution in [2.75, 3.05) is 12.8 Å². The van der Waals surface area contributed by atoms with Crippen molar-refractivity contribution in [3.63, 3.8) is 0 Å². The first kappa shape index (κ1) is 24.9. The van der Waals surface area contributed by atoms with E-state index in [0.29, 0.717) is 32.4 Å². The van der Waals surface area contributed by atoms with Crippen molar-refractivity contribution in [2.45, 2.75) is 31.5 Å². The molecule has 1 saturated heterocycles. The van der Waals surface area contributed by atoms with Crippen LogP contribution in [0.1, 0.15) is 42.2 Å². The molecule has 1 aromatic carbocycles. The molecule has 0 aliphatic carbocycles. The summed E-state index contributed by atoms with van der Waals surface area (Å²) in [5, 5.41) is 6.54. The van der Waals surface area contributed by atoms with Crippen molar-refractivity contribution >= 4 is 44.4 Å². The molecule has 0 radical (unpaired) electrons. The quantitative estimate of drug-likeness (QED) is 0.484. The Bertz CT molecular complexity index is 1490. The normalized spacial score (nSPS) is 22.4. The van der Waals surface area contributed by atoms with Crippen LogP contribution in [-0.2, 0) is 10.0 Å². The predicted octanol–water partition coefficient (Wildman–Crippen LogP) is 4.45. The van der Waals surface area contributed by atoms with Crippen LogP contribution < -0.4 is 4.72 Å². The molecule has 190 valence electrons. The predicted molar refractivity (Wildman–Crippen MR) is 131 cm³/mol.